The molecule has 0 fully saturated rings. The van der Waals surface area contributed by atoms with Gasteiger partial charge in [0.15, 0.2) is 0 Å². The minimum absolute atomic E-state index is 0.0903. The smallest absolute Gasteiger partial charge is 0.232 e. The molecule has 15 heavy (non-hydrogen) atoms. The van der Waals surface area contributed by atoms with Crippen molar-refractivity contribution in [2.24, 2.45) is 0 Å². The van der Waals surface area contributed by atoms with Crippen LogP contribution in [-0.2, 0) is 0 Å². The summed E-state index contributed by atoms with van der Waals surface area (Å²) in [5.74, 6) is 0. The molecule has 0 atom stereocenters. The van der Waals surface area contributed by atoms with E-state index in [4.69, 9.17) is 4.42 Å². The zero-order chi connectivity index (χ0) is 10.3. The summed E-state index contributed by atoms with van der Waals surface area (Å²) in [5.41, 5.74) is 0.565. The van der Waals surface area contributed by atoms with Gasteiger partial charge in [-0.05, 0) is 24.3 Å². The average molecular weight is 198 g/mol. The van der Waals surface area contributed by atoms with Crippen molar-refractivity contribution >= 4 is 22.2 Å². The number of fused-ring (bicyclic) bond motifs is 2. The predicted octanol–water partition coefficient (Wildman–Crippen LogP) is 1.74. The van der Waals surface area contributed by atoms with E-state index in [9.17, 15) is 4.79 Å². The fraction of sp³-hybridized carbons (Fsp3) is 0. The Hall–Kier alpha value is -2.23. The van der Waals surface area contributed by atoms with Gasteiger partial charge in [-0.2, -0.15) is 0 Å². The first-order valence-corrected chi connectivity index (χ1v) is 4.49. The van der Waals surface area contributed by atoms with Crippen molar-refractivity contribution in [1.29, 1.82) is 0 Å². The Labute approximate surface area is 84.2 Å². The first-order chi connectivity index (χ1) is 7.36. The molecule has 0 bridgehead atoms. The monoisotopic (exact) mass is 198 g/mol. The van der Waals surface area contributed by atoms with Crippen LogP contribution in [0.25, 0.3) is 22.2 Å². The molecule has 0 aliphatic carbocycles. The van der Waals surface area contributed by atoms with E-state index in [1.54, 1.807) is 36.7 Å². The molecule has 0 aromatic carbocycles. The minimum atomic E-state index is -0.0903. The molecule has 0 unspecified atom stereocenters. The van der Waals surface area contributed by atoms with Gasteiger partial charge in [-0.15, -0.1) is 0 Å². The molecule has 72 valence electrons. The van der Waals surface area contributed by atoms with E-state index in [2.05, 4.69) is 9.97 Å². The molecule has 0 N–H and O–H groups in total. The molecular formula is C11H6N2O2. The van der Waals surface area contributed by atoms with Gasteiger partial charge in [0.25, 0.3) is 0 Å². The molecule has 0 aliphatic rings. The number of hydrogen-bond donors (Lipinski definition) is 0. The van der Waals surface area contributed by atoms with Gasteiger partial charge in [0.2, 0.25) is 16.9 Å². The van der Waals surface area contributed by atoms with E-state index in [0.29, 0.717) is 22.2 Å². The summed E-state index contributed by atoms with van der Waals surface area (Å²) in [6.45, 7) is 0. The lowest BCUT2D eigenvalue weighted by Crippen LogP contribution is -2.03. The largest absolute Gasteiger partial charge is 0.419 e. The van der Waals surface area contributed by atoms with E-state index >= 15 is 0 Å². The van der Waals surface area contributed by atoms with Crippen LogP contribution < -0.4 is 5.43 Å². The zero-order valence-electron chi connectivity index (χ0n) is 7.68. The molecule has 0 spiro atoms. The van der Waals surface area contributed by atoms with Crippen molar-refractivity contribution < 1.29 is 4.42 Å². The summed E-state index contributed by atoms with van der Waals surface area (Å²) in [5, 5.41) is 0.969. The van der Waals surface area contributed by atoms with E-state index in [1.807, 2.05) is 0 Å². The fourth-order valence-corrected chi connectivity index (χ4v) is 1.53. The standard InChI is InChI=1S/C11H6N2O2/c14-9-7-3-1-5-12-10(7)15-11-8(9)4-2-6-13-11/h1-6H. The molecule has 3 aromatic heterocycles. The number of pyridine rings is 2. The Balaban J connectivity index is 2.66. The summed E-state index contributed by atoms with van der Waals surface area (Å²) in [4.78, 5) is 19.9. The van der Waals surface area contributed by atoms with Crippen LogP contribution in [0.4, 0.5) is 0 Å². The van der Waals surface area contributed by atoms with Gasteiger partial charge in [0.1, 0.15) is 0 Å². The van der Waals surface area contributed by atoms with Crippen molar-refractivity contribution in [2.75, 3.05) is 0 Å². The first kappa shape index (κ1) is 8.11. The van der Waals surface area contributed by atoms with Gasteiger partial charge in [-0.25, -0.2) is 9.97 Å². The second-order valence-corrected chi connectivity index (χ2v) is 3.14. The van der Waals surface area contributed by atoms with E-state index < -0.39 is 0 Å². The normalized spacial score (nSPS) is 10.9. The van der Waals surface area contributed by atoms with E-state index in [0.717, 1.165) is 0 Å². The molecule has 0 saturated heterocycles. The third-order valence-electron chi connectivity index (χ3n) is 2.22. The highest BCUT2D eigenvalue weighted by molar-refractivity contribution is 5.85. The maximum atomic E-state index is 11.9. The molecule has 3 aromatic rings. The van der Waals surface area contributed by atoms with Gasteiger partial charge in [0.05, 0.1) is 10.8 Å². The maximum absolute atomic E-state index is 11.9. The van der Waals surface area contributed by atoms with Gasteiger partial charge < -0.3 is 4.42 Å². The van der Waals surface area contributed by atoms with Gasteiger partial charge in [-0.1, -0.05) is 0 Å². The van der Waals surface area contributed by atoms with Crippen LogP contribution in [0.1, 0.15) is 0 Å². The average Bonchev–Trinajstić information content (AvgIpc) is 2.30. The summed E-state index contributed by atoms with van der Waals surface area (Å²) in [7, 11) is 0. The Morgan fingerprint density at radius 3 is 2.00 bits per heavy atom. The third-order valence-corrected chi connectivity index (χ3v) is 2.22. The molecule has 0 saturated carbocycles. The lowest BCUT2D eigenvalue weighted by Gasteiger charge is -1.97. The van der Waals surface area contributed by atoms with Gasteiger partial charge in [0, 0.05) is 12.4 Å². The highest BCUT2D eigenvalue weighted by Gasteiger charge is 2.07. The summed E-state index contributed by atoms with van der Waals surface area (Å²) in [6, 6.07) is 6.81. The van der Waals surface area contributed by atoms with Crippen LogP contribution in [-0.4, -0.2) is 9.97 Å². The lowest BCUT2D eigenvalue weighted by atomic mass is 10.2. The topological polar surface area (TPSA) is 56.0 Å². The second kappa shape index (κ2) is 2.88. The number of hydrogen-bond acceptors (Lipinski definition) is 4. The van der Waals surface area contributed by atoms with Crippen LogP contribution >= 0.6 is 0 Å². The predicted molar refractivity (Wildman–Crippen MR) is 55.6 cm³/mol. The van der Waals surface area contributed by atoms with Gasteiger partial charge in [-0.3, -0.25) is 4.79 Å². The van der Waals surface area contributed by atoms with Crippen LogP contribution in [0.5, 0.6) is 0 Å². The Morgan fingerprint density at radius 1 is 0.933 bits per heavy atom. The van der Waals surface area contributed by atoms with Gasteiger partial charge >= 0.3 is 0 Å². The van der Waals surface area contributed by atoms with E-state index in [1.165, 1.54) is 0 Å². The molecule has 4 heteroatoms. The minimum Gasteiger partial charge on any atom is -0.419 e. The van der Waals surface area contributed by atoms with Crippen LogP contribution in [0.15, 0.2) is 45.9 Å². The van der Waals surface area contributed by atoms with Crippen LogP contribution in [0, 0.1) is 0 Å². The molecule has 0 amide bonds. The quantitative estimate of drug-likeness (QED) is 0.516. The summed E-state index contributed by atoms with van der Waals surface area (Å²) in [6.07, 6.45) is 3.17. The van der Waals surface area contributed by atoms with Crippen molar-refractivity contribution in [2.45, 2.75) is 0 Å². The number of rotatable bonds is 0. The highest BCUT2D eigenvalue weighted by Crippen LogP contribution is 2.13. The van der Waals surface area contributed by atoms with Crippen LogP contribution in [0.3, 0.4) is 0 Å². The fourth-order valence-electron chi connectivity index (χ4n) is 1.53. The SMILES string of the molecule is O=c1c2cccnc2oc2ncccc12. The molecule has 0 aliphatic heterocycles. The zero-order valence-corrected chi connectivity index (χ0v) is 7.68. The maximum Gasteiger partial charge on any atom is 0.232 e. The molecular weight excluding hydrogens is 192 g/mol. The van der Waals surface area contributed by atoms with Crippen molar-refractivity contribution in [1.82, 2.24) is 9.97 Å². The van der Waals surface area contributed by atoms with E-state index in [-0.39, 0.29) is 5.43 Å². The van der Waals surface area contributed by atoms with Crippen molar-refractivity contribution in [3.8, 4) is 0 Å². The Bertz CT molecular complexity index is 646. The number of nitrogens with zero attached hydrogens (tertiary/aromatic N) is 2. The van der Waals surface area contributed by atoms with Crippen molar-refractivity contribution in [3.63, 3.8) is 0 Å². The lowest BCUT2D eigenvalue weighted by molar-refractivity contribution is 0.630. The van der Waals surface area contributed by atoms with Crippen LogP contribution in [0.2, 0.25) is 0 Å². The molecule has 3 rings (SSSR count). The molecule has 3 heterocycles. The summed E-state index contributed by atoms with van der Waals surface area (Å²) >= 11 is 0. The Morgan fingerprint density at radius 2 is 1.47 bits per heavy atom. The second-order valence-electron chi connectivity index (χ2n) is 3.14. The van der Waals surface area contributed by atoms with Crippen molar-refractivity contribution in [3.05, 3.63) is 46.9 Å². The number of aromatic nitrogens is 2. The molecule has 0 radical (unpaired) electrons. The highest BCUT2D eigenvalue weighted by atomic mass is 16.3. The third kappa shape index (κ3) is 1.11. The molecule has 4 nitrogen and oxygen atoms in total. The first-order valence-electron chi connectivity index (χ1n) is 4.49. The summed E-state index contributed by atoms with van der Waals surface area (Å²) < 4.78 is 5.40. The Kier molecular flexibility index (Phi) is 1.56.